The van der Waals surface area contributed by atoms with Crippen molar-refractivity contribution in [2.24, 2.45) is 23.5 Å². The van der Waals surface area contributed by atoms with Crippen LogP contribution in [0.2, 0.25) is 0 Å². The minimum Gasteiger partial charge on any atom is -0.467 e. The number of methoxy groups -OCH3 is 1. The van der Waals surface area contributed by atoms with Gasteiger partial charge >= 0.3 is 12.3 Å². The van der Waals surface area contributed by atoms with Crippen LogP contribution in [0, 0.1) is 17.8 Å². The molecule has 52 heavy (non-hydrogen) atoms. The molecule has 0 unspecified atom stereocenters. The fourth-order valence-electron chi connectivity index (χ4n) is 5.41. The number of carbonyl (C=O) groups excluding carboxylic acids is 5. The average molecular weight is 736 g/mol. The Morgan fingerprint density at radius 2 is 1.33 bits per heavy atom. The average Bonchev–Trinajstić information content (AvgIpc) is 3.06. The molecule has 0 fully saturated rings. The van der Waals surface area contributed by atoms with Crippen molar-refractivity contribution in [3.05, 3.63) is 65.7 Å². The van der Waals surface area contributed by atoms with E-state index in [0.717, 1.165) is 17.7 Å². The zero-order chi connectivity index (χ0) is 39.2. The minimum atomic E-state index is -4.90. The zero-order valence-corrected chi connectivity index (χ0v) is 30.7. The van der Waals surface area contributed by atoms with Crippen molar-refractivity contribution in [1.82, 2.24) is 21.3 Å². The van der Waals surface area contributed by atoms with Gasteiger partial charge in [0.25, 0.3) is 0 Å². The number of nitrogens with one attached hydrogen (secondary N) is 4. The quantitative estimate of drug-likeness (QED) is 0.136. The number of rotatable bonds is 19. The molecule has 0 saturated carbocycles. The fraction of sp³-hybridized carbons (Fsp3) is 0.541. The van der Waals surface area contributed by atoms with Gasteiger partial charge in [-0.3, -0.25) is 19.2 Å². The lowest BCUT2D eigenvalue weighted by molar-refractivity contribution is -0.274. The van der Waals surface area contributed by atoms with E-state index in [1.165, 1.54) is 19.2 Å². The minimum absolute atomic E-state index is 0.232. The van der Waals surface area contributed by atoms with Gasteiger partial charge in [0.2, 0.25) is 23.6 Å². The van der Waals surface area contributed by atoms with Crippen LogP contribution in [0.15, 0.2) is 54.6 Å². The standard InChI is InChI=1S/C37H52F3N5O7/c1-8-23(6)33(35(49)45-32(22(4)5)36(50)51-7)44-30(47)20-27(41)28(18-24-13-10-9-11-14-24)42-34(48)31(21(2)3)43-29(46)19-25-15-12-16-26(17-25)52-37(38,39)40/h9-17,21-23,27-28,31-33H,8,18-20,41H2,1-7H3,(H,42,48)(H,43,46)(H,44,47)(H,45,49)/t23-,27-,28-,31-,32-,33-/m0/s1. The lowest BCUT2D eigenvalue weighted by Gasteiger charge is -2.30. The van der Waals surface area contributed by atoms with Gasteiger partial charge in [0, 0.05) is 18.5 Å². The monoisotopic (exact) mass is 735 g/mol. The largest absolute Gasteiger partial charge is 0.573 e. The summed E-state index contributed by atoms with van der Waals surface area (Å²) in [6.07, 6.45) is -4.72. The Balaban J connectivity index is 2.22. The molecule has 15 heteroatoms. The molecule has 4 amide bonds. The van der Waals surface area contributed by atoms with Crippen molar-refractivity contribution in [2.75, 3.05) is 7.11 Å². The second-order valence-electron chi connectivity index (χ2n) is 13.5. The first-order chi connectivity index (χ1) is 24.3. The second-order valence-corrected chi connectivity index (χ2v) is 13.5. The Kier molecular flexibility index (Phi) is 17.1. The van der Waals surface area contributed by atoms with E-state index in [4.69, 9.17) is 10.5 Å². The maximum Gasteiger partial charge on any atom is 0.573 e. The molecule has 0 heterocycles. The first-order valence-corrected chi connectivity index (χ1v) is 17.3. The number of hydrogen-bond acceptors (Lipinski definition) is 8. The smallest absolute Gasteiger partial charge is 0.467 e. The van der Waals surface area contributed by atoms with Crippen LogP contribution >= 0.6 is 0 Å². The lowest BCUT2D eigenvalue weighted by Crippen LogP contribution is -2.58. The number of carbonyl (C=O) groups is 5. The molecule has 0 aromatic heterocycles. The normalized spacial score (nSPS) is 15.0. The lowest BCUT2D eigenvalue weighted by atomic mass is 9.94. The van der Waals surface area contributed by atoms with E-state index in [-0.39, 0.29) is 36.7 Å². The van der Waals surface area contributed by atoms with Gasteiger partial charge in [0.15, 0.2) is 0 Å². The predicted octanol–water partition coefficient (Wildman–Crippen LogP) is 3.56. The van der Waals surface area contributed by atoms with Crippen LogP contribution in [0.5, 0.6) is 5.75 Å². The van der Waals surface area contributed by atoms with Crippen LogP contribution in [0.3, 0.4) is 0 Å². The maximum atomic E-state index is 13.7. The van der Waals surface area contributed by atoms with Crippen molar-refractivity contribution in [2.45, 2.75) is 104 Å². The molecule has 0 spiro atoms. The molecule has 0 aliphatic rings. The number of esters is 1. The van der Waals surface area contributed by atoms with Crippen LogP contribution in [0.1, 0.15) is 65.5 Å². The van der Waals surface area contributed by atoms with E-state index in [9.17, 15) is 37.1 Å². The molecular formula is C37H52F3N5O7. The van der Waals surface area contributed by atoms with E-state index in [1.807, 2.05) is 37.3 Å². The molecule has 6 atom stereocenters. The summed E-state index contributed by atoms with van der Waals surface area (Å²) in [6, 6.07) is 9.41. The highest BCUT2D eigenvalue weighted by Crippen LogP contribution is 2.23. The molecule has 12 nitrogen and oxygen atoms in total. The summed E-state index contributed by atoms with van der Waals surface area (Å²) in [5.74, 6) is -4.36. The Labute approximate surface area is 303 Å². The van der Waals surface area contributed by atoms with Gasteiger partial charge in [0.05, 0.1) is 13.5 Å². The van der Waals surface area contributed by atoms with E-state index >= 15 is 0 Å². The maximum absolute atomic E-state index is 13.7. The highest BCUT2D eigenvalue weighted by atomic mass is 19.4. The van der Waals surface area contributed by atoms with E-state index in [2.05, 4.69) is 26.0 Å². The SMILES string of the molecule is CC[C@H](C)[C@H](NC(=O)C[C@H](N)[C@H](Cc1ccccc1)NC(=O)[C@@H](NC(=O)Cc1cccc(OC(F)(F)F)c1)C(C)C)C(=O)N[C@H](C(=O)OC)C(C)C. The first-order valence-electron chi connectivity index (χ1n) is 17.3. The number of amides is 4. The summed E-state index contributed by atoms with van der Waals surface area (Å²) in [6.45, 7) is 10.6. The number of ether oxygens (including phenoxy) is 2. The molecule has 0 radical (unpaired) electrons. The predicted molar refractivity (Wildman–Crippen MR) is 188 cm³/mol. The highest BCUT2D eigenvalue weighted by Gasteiger charge is 2.34. The number of benzene rings is 2. The van der Waals surface area contributed by atoms with Crippen molar-refractivity contribution in [3.63, 3.8) is 0 Å². The summed E-state index contributed by atoms with van der Waals surface area (Å²) < 4.78 is 46.8. The molecule has 0 aliphatic carbocycles. The van der Waals surface area contributed by atoms with Gasteiger partial charge in [-0.1, -0.05) is 90.4 Å². The summed E-state index contributed by atoms with van der Waals surface area (Å²) in [5, 5.41) is 11.0. The van der Waals surface area contributed by atoms with E-state index in [1.54, 1.807) is 34.6 Å². The Bertz CT molecular complexity index is 1490. The van der Waals surface area contributed by atoms with Gasteiger partial charge in [-0.15, -0.1) is 13.2 Å². The molecular weight excluding hydrogens is 683 g/mol. The van der Waals surface area contributed by atoms with Gasteiger partial charge in [-0.05, 0) is 47.4 Å². The molecule has 6 N–H and O–H groups in total. The van der Waals surface area contributed by atoms with Gasteiger partial charge in [-0.2, -0.15) is 0 Å². The zero-order valence-electron chi connectivity index (χ0n) is 30.7. The number of hydrogen-bond donors (Lipinski definition) is 5. The van der Waals surface area contributed by atoms with Crippen molar-refractivity contribution in [1.29, 1.82) is 0 Å². The Morgan fingerprint density at radius 3 is 1.88 bits per heavy atom. The Morgan fingerprint density at radius 1 is 0.750 bits per heavy atom. The van der Waals surface area contributed by atoms with Gasteiger partial charge < -0.3 is 36.5 Å². The molecule has 2 aromatic rings. The Hall–Kier alpha value is -4.66. The summed E-state index contributed by atoms with van der Waals surface area (Å²) in [4.78, 5) is 65.7. The summed E-state index contributed by atoms with van der Waals surface area (Å²) in [7, 11) is 1.22. The number of alkyl halides is 3. The first kappa shape index (κ1) is 43.5. The highest BCUT2D eigenvalue weighted by molar-refractivity contribution is 5.91. The molecule has 0 saturated heterocycles. The van der Waals surface area contributed by atoms with Crippen LogP contribution in [-0.2, 0) is 41.6 Å². The molecule has 0 aliphatic heterocycles. The molecule has 2 rings (SSSR count). The van der Waals surface area contributed by atoms with Crippen molar-refractivity contribution >= 4 is 29.6 Å². The van der Waals surface area contributed by atoms with Crippen LogP contribution in [0.4, 0.5) is 13.2 Å². The third-order valence-corrected chi connectivity index (χ3v) is 8.56. The van der Waals surface area contributed by atoms with Gasteiger partial charge in [-0.25, -0.2) is 4.79 Å². The number of nitrogens with two attached hydrogens (primary N) is 1. The van der Waals surface area contributed by atoms with Crippen molar-refractivity contribution < 1.29 is 46.6 Å². The van der Waals surface area contributed by atoms with Crippen molar-refractivity contribution in [3.8, 4) is 5.75 Å². The summed E-state index contributed by atoms with van der Waals surface area (Å²) in [5.41, 5.74) is 7.63. The van der Waals surface area contributed by atoms with E-state index in [0.29, 0.717) is 6.42 Å². The second kappa shape index (κ2) is 20.4. The van der Waals surface area contributed by atoms with E-state index < -0.39 is 77.8 Å². The summed E-state index contributed by atoms with van der Waals surface area (Å²) >= 11 is 0. The van der Waals surface area contributed by atoms with Crippen LogP contribution in [-0.4, -0.2) is 73.3 Å². The third-order valence-electron chi connectivity index (χ3n) is 8.56. The molecule has 0 bridgehead atoms. The van der Waals surface area contributed by atoms with Crippen LogP contribution in [0.25, 0.3) is 0 Å². The molecule has 2 aromatic carbocycles. The number of halogens is 3. The molecule has 288 valence electrons. The topological polar surface area (TPSA) is 178 Å². The van der Waals surface area contributed by atoms with Gasteiger partial charge in [0.1, 0.15) is 23.9 Å². The van der Waals surface area contributed by atoms with Crippen LogP contribution < -0.4 is 31.7 Å². The fourth-order valence-corrected chi connectivity index (χ4v) is 5.41. The third kappa shape index (κ3) is 14.5.